The molecule has 0 bridgehead atoms. The molecule has 1 aliphatic rings. The minimum Gasteiger partial charge on any atom is -0.484 e. The van der Waals surface area contributed by atoms with Gasteiger partial charge in [-0.15, -0.1) is 0 Å². The highest BCUT2D eigenvalue weighted by molar-refractivity contribution is 5.74. The predicted octanol–water partition coefficient (Wildman–Crippen LogP) is 1.49. The van der Waals surface area contributed by atoms with E-state index in [1.807, 2.05) is 0 Å². The fourth-order valence-electron chi connectivity index (χ4n) is 2.19. The first-order valence-corrected chi connectivity index (χ1v) is 6.18. The lowest BCUT2D eigenvalue weighted by atomic mass is 10.1. The third-order valence-electron chi connectivity index (χ3n) is 3.11. The molecule has 1 aromatic carbocycles. The predicted molar refractivity (Wildman–Crippen MR) is 68.2 cm³/mol. The van der Waals surface area contributed by atoms with E-state index in [-0.39, 0.29) is 18.3 Å². The van der Waals surface area contributed by atoms with Gasteiger partial charge in [0, 0.05) is 31.7 Å². The summed E-state index contributed by atoms with van der Waals surface area (Å²) in [5.41, 5.74) is 0. The average Bonchev–Trinajstić information content (AvgIpc) is 2.37. The van der Waals surface area contributed by atoms with Crippen LogP contribution in [0.1, 0.15) is 6.92 Å². The Bertz CT molecular complexity index is 513. The Balaban J connectivity index is 2.20. The molecular weight excluding hydrogens is 268 g/mol. The molecule has 1 amide bonds. The summed E-state index contributed by atoms with van der Waals surface area (Å²) >= 11 is 0. The van der Waals surface area contributed by atoms with Gasteiger partial charge in [-0.3, -0.25) is 4.79 Å². The van der Waals surface area contributed by atoms with Crippen LogP contribution in [0.5, 0.6) is 5.75 Å². The molecule has 1 heterocycles. The maximum absolute atomic E-state index is 13.1. The highest BCUT2D eigenvalue weighted by Gasteiger charge is 2.31. The Hall–Kier alpha value is -1.95. The van der Waals surface area contributed by atoms with E-state index in [0.29, 0.717) is 6.54 Å². The van der Waals surface area contributed by atoms with Crippen molar-refractivity contribution in [3.8, 4) is 5.75 Å². The first-order valence-electron chi connectivity index (χ1n) is 6.18. The summed E-state index contributed by atoms with van der Waals surface area (Å²) in [4.78, 5) is 12.9. The molecule has 1 N–H and O–H groups in total. The third-order valence-corrected chi connectivity index (χ3v) is 3.11. The van der Waals surface area contributed by atoms with E-state index in [1.54, 1.807) is 12.2 Å². The first-order chi connectivity index (χ1) is 9.51. The van der Waals surface area contributed by atoms with Gasteiger partial charge in [0.2, 0.25) is 5.91 Å². The number of halogens is 2. The molecule has 0 radical (unpaired) electrons. The minimum atomic E-state index is -0.747. The number of benzene rings is 1. The van der Waals surface area contributed by atoms with Gasteiger partial charge in [0.1, 0.15) is 23.5 Å². The van der Waals surface area contributed by atoms with Crippen molar-refractivity contribution in [2.24, 2.45) is 0 Å². The number of carbonyl (C=O) groups is 1. The van der Waals surface area contributed by atoms with Gasteiger partial charge in [0.05, 0.1) is 12.6 Å². The van der Waals surface area contributed by atoms with Crippen LogP contribution in [0.15, 0.2) is 30.4 Å². The number of nitrogens with zero attached hydrogens (tertiary/aromatic N) is 1. The molecule has 108 valence electrons. The summed E-state index contributed by atoms with van der Waals surface area (Å²) in [5, 5.41) is 9.41. The van der Waals surface area contributed by atoms with Crippen LogP contribution in [0.3, 0.4) is 0 Å². The number of hydrogen-bond donors (Lipinski definition) is 1. The van der Waals surface area contributed by atoms with E-state index in [0.717, 1.165) is 18.2 Å². The van der Waals surface area contributed by atoms with Crippen LogP contribution in [-0.4, -0.2) is 41.2 Å². The van der Waals surface area contributed by atoms with Gasteiger partial charge in [0.25, 0.3) is 0 Å². The summed E-state index contributed by atoms with van der Waals surface area (Å²) in [6.07, 6.45) is 2.73. The van der Waals surface area contributed by atoms with Crippen LogP contribution in [0.2, 0.25) is 0 Å². The largest absolute Gasteiger partial charge is 0.484 e. The zero-order chi connectivity index (χ0) is 14.7. The summed E-state index contributed by atoms with van der Waals surface area (Å²) in [7, 11) is 0. The zero-order valence-electron chi connectivity index (χ0n) is 10.9. The lowest BCUT2D eigenvalue weighted by Crippen LogP contribution is -2.52. The lowest BCUT2D eigenvalue weighted by molar-refractivity contribution is -0.133. The van der Waals surface area contributed by atoms with Crippen molar-refractivity contribution in [1.82, 2.24) is 4.90 Å². The molecule has 0 fully saturated rings. The Morgan fingerprint density at radius 3 is 2.60 bits per heavy atom. The Morgan fingerprint density at radius 2 is 2.05 bits per heavy atom. The number of hydrogen-bond acceptors (Lipinski definition) is 3. The van der Waals surface area contributed by atoms with Crippen LogP contribution in [0.25, 0.3) is 0 Å². The molecule has 2 unspecified atom stereocenters. The molecule has 0 spiro atoms. The summed E-state index contributed by atoms with van der Waals surface area (Å²) in [5.74, 6) is -1.68. The SMILES string of the molecule is CC(=O)N1CC=CC(Oc2cc(F)cc(F)c2)C1CO. The van der Waals surface area contributed by atoms with E-state index < -0.39 is 23.8 Å². The second-order valence-corrected chi connectivity index (χ2v) is 4.54. The number of amides is 1. The Kier molecular flexibility index (Phi) is 4.34. The van der Waals surface area contributed by atoms with Crippen LogP contribution in [0, 0.1) is 11.6 Å². The second kappa shape index (κ2) is 6.00. The first kappa shape index (κ1) is 14.5. The van der Waals surface area contributed by atoms with Crippen molar-refractivity contribution in [2.45, 2.75) is 19.1 Å². The fraction of sp³-hybridized carbons (Fsp3) is 0.357. The molecule has 0 aliphatic carbocycles. The van der Waals surface area contributed by atoms with Crippen molar-refractivity contribution < 1.29 is 23.4 Å². The van der Waals surface area contributed by atoms with Crippen molar-refractivity contribution in [3.63, 3.8) is 0 Å². The molecule has 0 saturated carbocycles. The monoisotopic (exact) mass is 283 g/mol. The van der Waals surface area contributed by atoms with Crippen LogP contribution in [-0.2, 0) is 4.79 Å². The highest BCUT2D eigenvalue weighted by Crippen LogP contribution is 2.21. The van der Waals surface area contributed by atoms with Gasteiger partial charge >= 0.3 is 0 Å². The average molecular weight is 283 g/mol. The topological polar surface area (TPSA) is 49.8 Å². The van der Waals surface area contributed by atoms with E-state index >= 15 is 0 Å². The quantitative estimate of drug-likeness (QED) is 0.855. The Labute approximate surface area is 115 Å². The van der Waals surface area contributed by atoms with E-state index in [2.05, 4.69) is 0 Å². The molecule has 0 aromatic heterocycles. The molecule has 2 atom stereocenters. The van der Waals surface area contributed by atoms with E-state index in [9.17, 15) is 18.7 Å². The molecule has 1 aliphatic heterocycles. The van der Waals surface area contributed by atoms with Crippen LogP contribution in [0.4, 0.5) is 8.78 Å². The van der Waals surface area contributed by atoms with Gasteiger partial charge in [-0.1, -0.05) is 6.08 Å². The highest BCUT2D eigenvalue weighted by atomic mass is 19.1. The Morgan fingerprint density at radius 1 is 1.40 bits per heavy atom. The number of carbonyl (C=O) groups excluding carboxylic acids is 1. The molecule has 1 aromatic rings. The summed E-state index contributed by atoms with van der Waals surface area (Å²) in [6.45, 7) is 1.46. The van der Waals surface area contributed by atoms with Crippen LogP contribution >= 0.6 is 0 Å². The third kappa shape index (κ3) is 3.14. The summed E-state index contributed by atoms with van der Waals surface area (Å²) in [6, 6.07) is 2.27. The normalized spacial score (nSPS) is 21.9. The number of ether oxygens (including phenoxy) is 1. The van der Waals surface area contributed by atoms with Crippen LogP contribution < -0.4 is 4.74 Å². The van der Waals surface area contributed by atoms with Gasteiger partial charge in [-0.05, 0) is 6.08 Å². The number of aliphatic hydroxyl groups excluding tert-OH is 1. The zero-order valence-corrected chi connectivity index (χ0v) is 10.9. The molecule has 0 saturated heterocycles. The molecule has 4 nitrogen and oxygen atoms in total. The maximum Gasteiger partial charge on any atom is 0.220 e. The lowest BCUT2D eigenvalue weighted by Gasteiger charge is -2.36. The smallest absolute Gasteiger partial charge is 0.220 e. The standard InChI is InChI=1S/C14H15F2NO3/c1-9(19)17-4-2-3-14(13(17)8-18)20-12-6-10(15)5-11(16)7-12/h2-3,5-7,13-14,18H,4,8H2,1H3. The fourth-order valence-corrected chi connectivity index (χ4v) is 2.19. The molecular formula is C14H15F2NO3. The molecule has 6 heteroatoms. The van der Waals surface area contributed by atoms with Crippen molar-refractivity contribution in [2.75, 3.05) is 13.2 Å². The second-order valence-electron chi connectivity index (χ2n) is 4.54. The van der Waals surface area contributed by atoms with E-state index in [4.69, 9.17) is 4.74 Å². The van der Waals surface area contributed by atoms with Gasteiger partial charge in [-0.2, -0.15) is 0 Å². The van der Waals surface area contributed by atoms with E-state index in [1.165, 1.54) is 11.8 Å². The summed E-state index contributed by atoms with van der Waals surface area (Å²) < 4.78 is 31.7. The number of rotatable bonds is 3. The van der Waals surface area contributed by atoms with Gasteiger partial charge in [-0.25, -0.2) is 8.78 Å². The van der Waals surface area contributed by atoms with Crippen molar-refractivity contribution >= 4 is 5.91 Å². The van der Waals surface area contributed by atoms with Crippen molar-refractivity contribution in [3.05, 3.63) is 42.0 Å². The van der Waals surface area contributed by atoms with Gasteiger partial charge < -0.3 is 14.7 Å². The maximum atomic E-state index is 13.1. The molecule has 20 heavy (non-hydrogen) atoms. The number of aliphatic hydroxyl groups is 1. The van der Waals surface area contributed by atoms with Crippen molar-refractivity contribution in [1.29, 1.82) is 0 Å². The minimum absolute atomic E-state index is 0.0148. The molecule has 2 rings (SSSR count). The van der Waals surface area contributed by atoms with Gasteiger partial charge in [0.15, 0.2) is 0 Å².